The molecule has 0 amide bonds. The topological polar surface area (TPSA) is 56.6 Å². The molecule has 5 heteroatoms. The molecule has 2 N–H and O–H groups in total. The van der Waals surface area contributed by atoms with Crippen LogP contribution < -0.4 is 5.59 Å². The van der Waals surface area contributed by atoms with E-state index in [2.05, 4.69) is 4.98 Å². The minimum atomic E-state index is -1.48. The molecule has 0 saturated carbocycles. The van der Waals surface area contributed by atoms with Gasteiger partial charge in [0.25, 0.3) is 0 Å². The molecule has 0 fully saturated rings. The number of hydrogen-bond donors (Lipinski definition) is 2. The summed E-state index contributed by atoms with van der Waals surface area (Å²) in [5, 5.41) is 17.7. The average Bonchev–Trinajstić information content (AvgIpc) is 2.03. The summed E-state index contributed by atoms with van der Waals surface area (Å²) in [6.07, 6.45) is 0. The molecule has 0 aliphatic carbocycles. The molecule has 0 bridgehead atoms. The normalized spacial score (nSPS) is 10.5. The van der Waals surface area contributed by atoms with Crippen LogP contribution in [0.25, 0.3) is 0 Å². The van der Waals surface area contributed by atoms with Gasteiger partial charge in [0.15, 0.2) is 0 Å². The summed E-state index contributed by atoms with van der Waals surface area (Å²) < 4.78 is 0. The molecule has 1 heterocycles. The maximum absolute atomic E-state index is 8.86. The first kappa shape index (κ1) is 10.2. The molecule has 1 rings (SSSR count). The predicted octanol–water partition coefficient (Wildman–Crippen LogP) is -1.18. The summed E-state index contributed by atoms with van der Waals surface area (Å²) >= 11 is 0. The van der Waals surface area contributed by atoms with Gasteiger partial charge in [-0.1, -0.05) is 6.07 Å². The monoisotopic (exact) mass is 180 g/mol. The molecule has 0 aromatic carbocycles. The van der Waals surface area contributed by atoms with Crippen LogP contribution in [0, 0.1) is 0 Å². The molecule has 0 radical (unpaired) electrons. The standard InChI is InChI=1S/C8H13BN2O2/c1-11(2)6-7-4-3-5-8(10-7)9(12)13/h3-5,12-13H,6H2,1-2H3. The van der Waals surface area contributed by atoms with Crippen LogP contribution in [-0.2, 0) is 6.54 Å². The number of aromatic nitrogens is 1. The van der Waals surface area contributed by atoms with Crippen LogP contribution in [0.2, 0.25) is 0 Å². The SMILES string of the molecule is CN(C)Cc1cccc(B(O)O)n1. The fraction of sp³-hybridized carbons (Fsp3) is 0.375. The van der Waals surface area contributed by atoms with Crippen molar-refractivity contribution in [3.05, 3.63) is 23.9 Å². The number of rotatable bonds is 3. The van der Waals surface area contributed by atoms with Crippen LogP contribution in [0.4, 0.5) is 0 Å². The van der Waals surface area contributed by atoms with Crippen molar-refractivity contribution in [3.8, 4) is 0 Å². The minimum absolute atomic E-state index is 0.291. The highest BCUT2D eigenvalue weighted by molar-refractivity contribution is 6.57. The first-order chi connectivity index (χ1) is 6.09. The lowest BCUT2D eigenvalue weighted by Crippen LogP contribution is -2.33. The van der Waals surface area contributed by atoms with Gasteiger partial charge in [0.05, 0.1) is 11.3 Å². The highest BCUT2D eigenvalue weighted by atomic mass is 16.4. The van der Waals surface area contributed by atoms with Crippen LogP contribution in [0.1, 0.15) is 5.69 Å². The molecule has 0 saturated heterocycles. The largest absolute Gasteiger partial charge is 0.508 e. The van der Waals surface area contributed by atoms with E-state index in [1.54, 1.807) is 12.1 Å². The molecule has 1 aromatic rings. The lowest BCUT2D eigenvalue weighted by Gasteiger charge is -2.09. The second-order valence-corrected chi connectivity index (χ2v) is 3.17. The Balaban J connectivity index is 2.79. The molecular formula is C8H13BN2O2. The third kappa shape index (κ3) is 3.14. The lowest BCUT2D eigenvalue weighted by molar-refractivity contribution is 0.396. The average molecular weight is 180 g/mol. The lowest BCUT2D eigenvalue weighted by atomic mass is 9.85. The fourth-order valence-corrected chi connectivity index (χ4v) is 1.05. The Labute approximate surface area is 78.0 Å². The van der Waals surface area contributed by atoms with Crippen LogP contribution >= 0.6 is 0 Å². The highest BCUT2D eigenvalue weighted by Gasteiger charge is 2.12. The molecule has 0 unspecified atom stereocenters. The fourth-order valence-electron chi connectivity index (χ4n) is 1.05. The second kappa shape index (κ2) is 4.36. The van der Waals surface area contributed by atoms with Gasteiger partial charge in [-0.05, 0) is 26.2 Å². The van der Waals surface area contributed by atoms with E-state index in [1.807, 2.05) is 25.1 Å². The van der Waals surface area contributed by atoms with E-state index >= 15 is 0 Å². The van der Waals surface area contributed by atoms with E-state index in [-0.39, 0.29) is 0 Å². The first-order valence-corrected chi connectivity index (χ1v) is 4.06. The Bertz CT molecular complexity index is 279. The zero-order chi connectivity index (χ0) is 9.84. The Morgan fingerprint density at radius 2 is 2.08 bits per heavy atom. The number of hydrogen-bond acceptors (Lipinski definition) is 4. The highest BCUT2D eigenvalue weighted by Crippen LogP contribution is 1.95. The zero-order valence-corrected chi connectivity index (χ0v) is 7.81. The third-order valence-corrected chi connectivity index (χ3v) is 1.57. The Morgan fingerprint density at radius 1 is 1.38 bits per heavy atom. The van der Waals surface area contributed by atoms with Gasteiger partial charge in [-0.3, -0.25) is 4.98 Å². The van der Waals surface area contributed by atoms with Gasteiger partial charge in [0.2, 0.25) is 0 Å². The van der Waals surface area contributed by atoms with E-state index in [0.717, 1.165) is 5.69 Å². The molecule has 0 aliphatic rings. The van der Waals surface area contributed by atoms with Crippen LogP contribution in [0.3, 0.4) is 0 Å². The van der Waals surface area contributed by atoms with E-state index < -0.39 is 7.12 Å². The molecule has 13 heavy (non-hydrogen) atoms. The Morgan fingerprint density at radius 3 is 2.62 bits per heavy atom. The van der Waals surface area contributed by atoms with Crippen molar-refractivity contribution < 1.29 is 10.0 Å². The van der Waals surface area contributed by atoms with Crippen molar-refractivity contribution in [2.45, 2.75) is 6.54 Å². The second-order valence-electron chi connectivity index (χ2n) is 3.17. The van der Waals surface area contributed by atoms with Crippen LogP contribution in [0.15, 0.2) is 18.2 Å². The molecule has 1 aromatic heterocycles. The molecular weight excluding hydrogens is 167 g/mol. The van der Waals surface area contributed by atoms with Gasteiger partial charge >= 0.3 is 7.12 Å². The van der Waals surface area contributed by atoms with E-state index in [1.165, 1.54) is 0 Å². The van der Waals surface area contributed by atoms with E-state index in [4.69, 9.17) is 10.0 Å². The summed E-state index contributed by atoms with van der Waals surface area (Å²) in [5.74, 6) is 0. The van der Waals surface area contributed by atoms with Crippen LogP contribution in [-0.4, -0.2) is 41.1 Å². The molecule has 0 spiro atoms. The van der Waals surface area contributed by atoms with E-state index in [9.17, 15) is 0 Å². The van der Waals surface area contributed by atoms with Gasteiger partial charge in [-0.15, -0.1) is 0 Å². The van der Waals surface area contributed by atoms with Crippen molar-refractivity contribution in [3.63, 3.8) is 0 Å². The van der Waals surface area contributed by atoms with Crippen LogP contribution in [0.5, 0.6) is 0 Å². The first-order valence-electron chi connectivity index (χ1n) is 4.06. The maximum atomic E-state index is 8.86. The maximum Gasteiger partial charge on any atom is 0.508 e. The Hall–Kier alpha value is -0.905. The molecule has 70 valence electrons. The summed E-state index contributed by atoms with van der Waals surface area (Å²) in [4.78, 5) is 6.04. The summed E-state index contributed by atoms with van der Waals surface area (Å²) in [6.45, 7) is 0.695. The van der Waals surface area contributed by atoms with E-state index in [0.29, 0.717) is 12.1 Å². The summed E-state index contributed by atoms with van der Waals surface area (Å²) in [5.41, 5.74) is 1.12. The van der Waals surface area contributed by atoms with Gasteiger partial charge in [0, 0.05) is 6.54 Å². The molecule has 0 atom stereocenters. The van der Waals surface area contributed by atoms with Crippen molar-refractivity contribution in [2.75, 3.05) is 14.1 Å². The number of nitrogens with zero attached hydrogens (tertiary/aromatic N) is 2. The van der Waals surface area contributed by atoms with Gasteiger partial charge < -0.3 is 14.9 Å². The predicted molar refractivity (Wildman–Crippen MR) is 51.5 cm³/mol. The van der Waals surface area contributed by atoms with Gasteiger partial charge in [0.1, 0.15) is 0 Å². The number of pyridine rings is 1. The smallest absolute Gasteiger partial charge is 0.422 e. The van der Waals surface area contributed by atoms with Crippen molar-refractivity contribution >= 4 is 12.7 Å². The van der Waals surface area contributed by atoms with Gasteiger partial charge in [-0.25, -0.2) is 0 Å². The third-order valence-electron chi connectivity index (χ3n) is 1.57. The summed E-state index contributed by atoms with van der Waals surface area (Å²) in [6, 6.07) is 5.20. The zero-order valence-electron chi connectivity index (χ0n) is 7.81. The van der Waals surface area contributed by atoms with Crippen molar-refractivity contribution in [2.24, 2.45) is 0 Å². The minimum Gasteiger partial charge on any atom is -0.422 e. The quantitative estimate of drug-likeness (QED) is 0.575. The van der Waals surface area contributed by atoms with Gasteiger partial charge in [-0.2, -0.15) is 0 Å². The van der Waals surface area contributed by atoms with Crippen molar-refractivity contribution in [1.29, 1.82) is 0 Å². The van der Waals surface area contributed by atoms with Crippen molar-refractivity contribution in [1.82, 2.24) is 9.88 Å². The molecule has 0 aliphatic heterocycles. The molecule has 4 nitrogen and oxygen atoms in total. The Kier molecular flexibility index (Phi) is 3.42. The summed E-state index contributed by atoms with van der Waals surface area (Å²) in [7, 11) is 2.38.